The second-order valence-corrected chi connectivity index (χ2v) is 6.69. The van der Waals surface area contributed by atoms with Crippen molar-refractivity contribution in [3.05, 3.63) is 0 Å². The summed E-state index contributed by atoms with van der Waals surface area (Å²) in [5, 5.41) is 0. The summed E-state index contributed by atoms with van der Waals surface area (Å²) in [7, 11) is 0. The molecule has 1 fully saturated rings. The molecule has 0 N–H and O–H groups in total. The molecular formula is C15H26F4O. The fraction of sp³-hybridized carbons (Fsp3) is 1.00. The molecule has 3 unspecified atom stereocenters. The van der Waals surface area contributed by atoms with E-state index in [9.17, 15) is 17.6 Å². The minimum atomic E-state index is -4.29. The van der Waals surface area contributed by atoms with Crippen LogP contribution in [-0.4, -0.2) is 25.1 Å². The van der Waals surface area contributed by atoms with Crippen molar-refractivity contribution in [1.82, 2.24) is 0 Å². The molecule has 0 aromatic carbocycles. The summed E-state index contributed by atoms with van der Waals surface area (Å²) in [6.07, 6.45) is -5.85. The van der Waals surface area contributed by atoms with E-state index in [2.05, 4.69) is 0 Å². The van der Waals surface area contributed by atoms with E-state index in [0.29, 0.717) is 11.8 Å². The van der Waals surface area contributed by atoms with Gasteiger partial charge in [0, 0.05) is 6.61 Å². The third-order valence-corrected chi connectivity index (χ3v) is 4.05. The minimum absolute atomic E-state index is 0.00711. The normalized spacial score (nSPS) is 28.6. The maximum atomic E-state index is 13.5. The van der Waals surface area contributed by atoms with Crippen molar-refractivity contribution in [2.24, 2.45) is 23.7 Å². The van der Waals surface area contributed by atoms with Gasteiger partial charge in [0.15, 0.2) is 0 Å². The second kappa shape index (κ2) is 7.10. The van der Waals surface area contributed by atoms with Gasteiger partial charge >= 0.3 is 6.18 Å². The van der Waals surface area contributed by atoms with Gasteiger partial charge in [0.1, 0.15) is 6.17 Å². The lowest BCUT2D eigenvalue weighted by Gasteiger charge is -2.34. The SMILES string of the molecule is CC(C)C(OCC1CC(F)CC(C(F)(F)F)C1)C(C)C. The summed E-state index contributed by atoms with van der Waals surface area (Å²) in [5.41, 5.74) is 0. The summed E-state index contributed by atoms with van der Waals surface area (Å²) in [6.45, 7) is 8.35. The van der Waals surface area contributed by atoms with E-state index in [1.54, 1.807) is 0 Å². The van der Waals surface area contributed by atoms with Crippen LogP contribution >= 0.6 is 0 Å². The van der Waals surface area contributed by atoms with Gasteiger partial charge in [-0.1, -0.05) is 27.7 Å². The van der Waals surface area contributed by atoms with Crippen molar-refractivity contribution >= 4 is 0 Å². The topological polar surface area (TPSA) is 9.23 Å². The Morgan fingerprint density at radius 1 is 1.00 bits per heavy atom. The highest BCUT2D eigenvalue weighted by atomic mass is 19.4. The van der Waals surface area contributed by atoms with Crippen LogP contribution in [-0.2, 0) is 4.74 Å². The van der Waals surface area contributed by atoms with Crippen molar-refractivity contribution in [3.63, 3.8) is 0 Å². The minimum Gasteiger partial charge on any atom is -0.377 e. The number of halogens is 4. The van der Waals surface area contributed by atoms with E-state index in [4.69, 9.17) is 4.74 Å². The summed E-state index contributed by atoms with van der Waals surface area (Å²) in [5.74, 6) is -1.24. The largest absolute Gasteiger partial charge is 0.391 e. The smallest absolute Gasteiger partial charge is 0.377 e. The van der Waals surface area contributed by atoms with Crippen LogP contribution in [0.2, 0.25) is 0 Å². The van der Waals surface area contributed by atoms with Gasteiger partial charge in [-0.3, -0.25) is 0 Å². The van der Waals surface area contributed by atoms with Gasteiger partial charge in [-0.15, -0.1) is 0 Å². The lowest BCUT2D eigenvalue weighted by Crippen LogP contribution is -2.36. The van der Waals surface area contributed by atoms with Crippen LogP contribution in [0, 0.1) is 23.7 Å². The lowest BCUT2D eigenvalue weighted by molar-refractivity contribution is -0.194. The van der Waals surface area contributed by atoms with Crippen molar-refractivity contribution in [2.75, 3.05) is 6.61 Å². The third-order valence-electron chi connectivity index (χ3n) is 4.05. The number of alkyl halides is 4. The summed E-state index contributed by atoms with van der Waals surface area (Å²) < 4.78 is 57.5. The molecule has 20 heavy (non-hydrogen) atoms. The van der Waals surface area contributed by atoms with E-state index in [0.717, 1.165) is 0 Å². The van der Waals surface area contributed by atoms with E-state index in [1.807, 2.05) is 27.7 Å². The highest BCUT2D eigenvalue weighted by molar-refractivity contribution is 4.83. The van der Waals surface area contributed by atoms with Crippen molar-refractivity contribution < 1.29 is 22.3 Å². The van der Waals surface area contributed by atoms with Crippen LogP contribution in [0.1, 0.15) is 47.0 Å². The summed E-state index contributed by atoms with van der Waals surface area (Å²) in [4.78, 5) is 0. The first-order chi connectivity index (χ1) is 9.11. The zero-order valence-electron chi connectivity index (χ0n) is 12.7. The van der Waals surface area contributed by atoms with E-state index in [-0.39, 0.29) is 31.5 Å². The Hall–Kier alpha value is -0.320. The average molecular weight is 298 g/mol. The van der Waals surface area contributed by atoms with Gasteiger partial charge in [0.25, 0.3) is 0 Å². The standard InChI is InChI=1S/C15H26F4O/c1-9(2)14(10(3)4)20-8-11-5-12(15(17,18)19)7-13(16)6-11/h9-14H,5-8H2,1-4H3. The lowest BCUT2D eigenvalue weighted by atomic mass is 9.80. The van der Waals surface area contributed by atoms with E-state index in [1.165, 1.54) is 0 Å². The van der Waals surface area contributed by atoms with Crippen molar-refractivity contribution in [1.29, 1.82) is 0 Å². The number of rotatable bonds is 5. The zero-order chi connectivity index (χ0) is 15.5. The molecule has 1 rings (SSSR count). The molecule has 1 aliphatic carbocycles. The molecule has 5 heteroatoms. The maximum absolute atomic E-state index is 13.5. The Kier molecular flexibility index (Phi) is 6.29. The average Bonchev–Trinajstić information content (AvgIpc) is 2.26. The van der Waals surface area contributed by atoms with Crippen LogP contribution < -0.4 is 0 Å². The first kappa shape index (κ1) is 17.7. The molecule has 0 spiro atoms. The molecule has 0 amide bonds. The highest BCUT2D eigenvalue weighted by Crippen LogP contribution is 2.41. The summed E-state index contributed by atoms with van der Waals surface area (Å²) in [6, 6.07) is 0. The molecular weight excluding hydrogens is 272 g/mol. The molecule has 0 aliphatic heterocycles. The van der Waals surface area contributed by atoms with Crippen molar-refractivity contribution in [2.45, 2.75) is 65.4 Å². The van der Waals surface area contributed by atoms with Crippen LogP contribution in [0.3, 0.4) is 0 Å². The fourth-order valence-electron chi connectivity index (χ4n) is 3.17. The van der Waals surface area contributed by atoms with Gasteiger partial charge in [0.05, 0.1) is 12.0 Å². The molecule has 0 saturated heterocycles. The van der Waals surface area contributed by atoms with Crippen molar-refractivity contribution in [3.8, 4) is 0 Å². The first-order valence-electron chi connectivity index (χ1n) is 7.43. The molecule has 0 bridgehead atoms. The van der Waals surface area contributed by atoms with Gasteiger partial charge in [-0.05, 0) is 37.0 Å². The van der Waals surface area contributed by atoms with Crippen LogP contribution in [0.15, 0.2) is 0 Å². The molecule has 3 atom stereocenters. The molecule has 1 nitrogen and oxygen atoms in total. The predicted octanol–water partition coefficient (Wildman–Crippen LogP) is 5.00. The number of hydrogen-bond donors (Lipinski definition) is 0. The predicted molar refractivity (Wildman–Crippen MR) is 71.2 cm³/mol. The Labute approximate surface area is 119 Å². The highest BCUT2D eigenvalue weighted by Gasteiger charge is 2.45. The number of hydrogen-bond acceptors (Lipinski definition) is 1. The first-order valence-corrected chi connectivity index (χ1v) is 7.43. The Balaban J connectivity index is 2.54. The molecule has 0 aromatic rings. The third kappa shape index (κ3) is 5.23. The Morgan fingerprint density at radius 2 is 1.55 bits per heavy atom. The van der Waals surface area contributed by atoms with E-state index >= 15 is 0 Å². The van der Waals surface area contributed by atoms with E-state index < -0.39 is 24.7 Å². The fourth-order valence-corrected chi connectivity index (χ4v) is 3.17. The molecule has 0 heterocycles. The molecule has 1 aliphatic rings. The maximum Gasteiger partial charge on any atom is 0.391 e. The van der Waals surface area contributed by atoms with Gasteiger partial charge in [-0.25, -0.2) is 4.39 Å². The molecule has 0 radical (unpaired) electrons. The van der Waals surface area contributed by atoms with Gasteiger partial charge in [-0.2, -0.15) is 13.2 Å². The Morgan fingerprint density at radius 3 is 2.00 bits per heavy atom. The molecule has 120 valence electrons. The second-order valence-electron chi connectivity index (χ2n) is 6.69. The van der Waals surface area contributed by atoms with Gasteiger partial charge in [0.2, 0.25) is 0 Å². The molecule has 1 saturated carbocycles. The van der Waals surface area contributed by atoms with Gasteiger partial charge < -0.3 is 4.74 Å². The van der Waals surface area contributed by atoms with Crippen LogP contribution in [0.4, 0.5) is 17.6 Å². The zero-order valence-corrected chi connectivity index (χ0v) is 12.7. The monoisotopic (exact) mass is 298 g/mol. The molecule has 0 aromatic heterocycles. The van der Waals surface area contributed by atoms with Crippen LogP contribution in [0.5, 0.6) is 0 Å². The quantitative estimate of drug-likeness (QED) is 0.649. The van der Waals surface area contributed by atoms with Crippen LogP contribution in [0.25, 0.3) is 0 Å². The summed E-state index contributed by atoms with van der Waals surface area (Å²) >= 11 is 0. The number of ether oxygens (including phenoxy) is 1. The Bertz CT molecular complexity index is 280.